The van der Waals surface area contributed by atoms with Gasteiger partial charge in [0.25, 0.3) is 0 Å². The van der Waals surface area contributed by atoms with Gasteiger partial charge in [0.05, 0.1) is 7.11 Å². The molecule has 0 spiro atoms. The lowest BCUT2D eigenvalue weighted by Gasteiger charge is -2.34. The minimum absolute atomic E-state index is 0. The molecule has 1 aliphatic heterocycles. The maximum Gasteiger partial charge on any atom is 0.220 e. The van der Waals surface area contributed by atoms with Crippen molar-refractivity contribution in [3.8, 4) is 5.75 Å². The molecule has 6 nitrogen and oxygen atoms in total. The van der Waals surface area contributed by atoms with Gasteiger partial charge in [0.2, 0.25) is 5.91 Å². The summed E-state index contributed by atoms with van der Waals surface area (Å²) in [6.45, 7) is 2.52. The highest BCUT2D eigenvalue weighted by molar-refractivity contribution is 14.0. The second kappa shape index (κ2) is 11.2. The van der Waals surface area contributed by atoms with E-state index in [2.05, 4.69) is 26.6 Å². The van der Waals surface area contributed by atoms with E-state index in [0.717, 1.165) is 43.2 Å². The van der Waals surface area contributed by atoms with Crippen molar-refractivity contribution in [2.45, 2.75) is 25.8 Å². The number of piperidine rings is 1. The molecule has 140 valence electrons. The van der Waals surface area contributed by atoms with E-state index < -0.39 is 0 Å². The molecule has 1 fully saturated rings. The van der Waals surface area contributed by atoms with Gasteiger partial charge in [-0.3, -0.25) is 9.79 Å². The first-order chi connectivity index (χ1) is 11.7. The molecule has 1 aromatic carbocycles. The number of benzene rings is 1. The summed E-state index contributed by atoms with van der Waals surface area (Å²) in [7, 11) is 5.19. The van der Waals surface area contributed by atoms with Crippen molar-refractivity contribution in [1.82, 2.24) is 15.5 Å². The molecule has 0 aromatic heterocycles. The number of hydrogen-bond acceptors (Lipinski definition) is 3. The first kappa shape index (κ1) is 21.5. The van der Waals surface area contributed by atoms with Crippen molar-refractivity contribution in [2.75, 3.05) is 34.3 Å². The van der Waals surface area contributed by atoms with Crippen LogP contribution in [0.1, 0.15) is 24.8 Å². The second-order valence-electron chi connectivity index (χ2n) is 6.02. The van der Waals surface area contributed by atoms with Gasteiger partial charge in [-0.1, -0.05) is 18.2 Å². The number of para-hydroxylation sites is 1. The number of guanidine groups is 1. The quantitative estimate of drug-likeness (QED) is 0.402. The fraction of sp³-hybridized carbons (Fsp3) is 0.556. The normalized spacial score (nSPS) is 15.3. The first-order valence-corrected chi connectivity index (χ1v) is 8.46. The molecule has 0 saturated carbocycles. The number of amides is 1. The summed E-state index contributed by atoms with van der Waals surface area (Å²) in [5.41, 5.74) is 1.11. The Balaban J connectivity index is 0.00000312. The average Bonchev–Trinajstić information content (AvgIpc) is 2.63. The SMILES string of the molecule is CN=C(NCc1ccccc1OC)N1CCC(CC(=O)NC)CC1.I. The van der Waals surface area contributed by atoms with Gasteiger partial charge >= 0.3 is 0 Å². The number of likely N-dealkylation sites (tertiary alicyclic amines) is 1. The van der Waals surface area contributed by atoms with Crippen LogP contribution in [0.25, 0.3) is 0 Å². The van der Waals surface area contributed by atoms with Crippen LogP contribution in [0.3, 0.4) is 0 Å². The summed E-state index contributed by atoms with van der Waals surface area (Å²) >= 11 is 0. The van der Waals surface area contributed by atoms with Gasteiger partial charge in [-0.25, -0.2) is 0 Å². The molecule has 0 atom stereocenters. The van der Waals surface area contributed by atoms with Gasteiger partial charge in [-0.05, 0) is 24.8 Å². The number of ether oxygens (including phenoxy) is 1. The van der Waals surface area contributed by atoms with Crippen molar-refractivity contribution >= 4 is 35.8 Å². The number of hydrogen-bond donors (Lipinski definition) is 2. The summed E-state index contributed by atoms with van der Waals surface area (Å²) in [5.74, 6) is 2.38. The van der Waals surface area contributed by atoms with E-state index in [9.17, 15) is 4.79 Å². The van der Waals surface area contributed by atoms with Crippen LogP contribution in [-0.4, -0.2) is 51.1 Å². The van der Waals surface area contributed by atoms with Crippen LogP contribution in [0, 0.1) is 5.92 Å². The maximum atomic E-state index is 11.5. The lowest BCUT2D eigenvalue weighted by atomic mass is 9.93. The highest BCUT2D eigenvalue weighted by Crippen LogP contribution is 2.21. The lowest BCUT2D eigenvalue weighted by Crippen LogP contribution is -2.45. The van der Waals surface area contributed by atoms with Gasteiger partial charge in [-0.2, -0.15) is 0 Å². The molecule has 25 heavy (non-hydrogen) atoms. The highest BCUT2D eigenvalue weighted by atomic mass is 127. The predicted octanol–water partition coefficient (Wildman–Crippen LogP) is 2.24. The Labute approximate surface area is 167 Å². The number of halogens is 1. The third-order valence-electron chi connectivity index (χ3n) is 4.51. The van der Waals surface area contributed by atoms with Gasteiger partial charge in [0.1, 0.15) is 5.75 Å². The summed E-state index contributed by atoms with van der Waals surface area (Å²) in [4.78, 5) is 18.2. The molecule has 1 aromatic rings. The Morgan fingerprint density at radius 3 is 2.60 bits per heavy atom. The largest absolute Gasteiger partial charge is 0.496 e. The molecular formula is C18H29IN4O2. The highest BCUT2D eigenvalue weighted by Gasteiger charge is 2.23. The Bertz CT molecular complexity index is 572. The van der Waals surface area contributed by atoms with Crippen LogP contribution in [0.15, 0.2) is 29.3 Å². The minimum Gasteiger partial charge on any atom is -0.496 e. The maximum absolute atomic E-state index is 11.5. The number of rotatable bonds is 5. The first-order valence-electron chi connectivity index (χ1n) is 8.46. The number of nitrogens with one attached hydrogen (secondary N) is 2. The number of carbonyl (C=O) groups is 1. The molecule has 1 amide bonds. The van der Waals surface area contributed by atoms with E-state index in [1.165, 1.54) is 0 Å². The number of methoxy groups -OCH3 is 1. The molecule has 1 aliphatic rings. The van der Waals surface area contributed by atoms with Crippen LogP contribution >= 0.6 is 24.0 Å². The second-order valence-corrected chi connectivity index (χ2v) is 6.02. The molecule has 0 radical (unpaired) electrons. The summed E-state index contributed by atoms with van der Waals surface area (Å²) in [6.07, 6.45) is 2.66. The Hall–Kier alpha value is -1.51. The summed E-state index contributed by atoms with van der Waals surface area (Å²) in [5, 5.41) is 6.12. The van der Waals surface area contributed by atoms with Crippen molar-refractivity contribution in [2.24, 2.45) is 10.9 Å². The van der Waals surface area contributed by atoms with E-state index in [1.807, 2.05) is 18.2 Å². The van der Waals surface area contributed by atoms with Gasteiger partial charge < -0.3 is 20.3 Å². The smallest absolute Gasteiger partial charge is 0.220 e. The molecule has 1 saturated heterocycles. The number of carbonyl (C=O) groups excluding carboxylic acids is 1. The molecule has 0 bridgehead atoms. The van der Waals surface area contributed by atoms with Crippen molar-refractivity contribution < 1.29 is 9.53 Å². The fourth-order valence-corrected chi connectivity index (χ4v) is 3.07. The van der Waals surface area contributed by atoms with E-state index >= 15 is 0 Å². The predicted molar refractivity (Wildman–Crippen MR) is 112 cm³/mol. The summed E-state index contributed by atoms with van der Waals surface area (Å²) < 4.78 is 5.39. The van der Waals surface area contributed by atoms with E-state index in [4.69, 9.17) is 4.74 Å². The Morgan fingerprint density at radius 1 is 1.32 bits per heavy atom. The van der Waals surface area contributed by atoms with Crippen molar-refractivity contribution in [3.05, 3.63) is 29.8 Å². The molecule has 1 heterocycles. The topological polar surface area (TPSA) is 66.0 Å². The average molecular weight is 460 g/mol. The molecule has 7 heteroatoms. The third kappa shape index (κ3) is 6.37. The Kier molecular flexibility index (Phi) is 9.62. The van der Waals surface area contributed by atoms with Gasteiger partial charge in [-0.15, -0.1) is 24.0 Å². The van der Waals surface area contributed by atoms with Crippen LogP contribution < -0.4 is 15.4 Å². The zero-order valence-corrected chi connectivity index (χ0v) is 17.6. The van der Waals surface area contributed by atoms with Crippen molar-refractivity contribution in [1.29, 1.82) is 0 Å². The third-order valence-corrected chi connectivity index (χ3v) is 4.51. The van der Waals surface area contributed by atoms with Gasteiger partial charge in [0, 0.05) is 45.7 Å². The molecule has 2 N–H and O–H groups in total. The Morgan fingerprint density at radius 2 is 2.00 bits per heavy atom. The monoisotopic (exact) mass is 460 g/mol. The molecule has 2 rings (SSSR count). The van der Waals surface area contributed by atoms with Crippen molar-refractivity contribution in [3.63, 3.8) is 0 Å². The van der Waals surface area contributed by atoms with E-state index in [-0.39, 0.29) is 29.9 Å². The van der Waals surface area contributed by atoms with Crippen LogP contribution in [0.5, 0.6) is 5.75 Å². The molecular weight excluding hydrogens is 431 g/mol. The van der Waals surface area contributed by atoms with Gasteiger partial charge in [0.15, 0.2) is 5.96 Å². The molecule has 0 aliphatic carbocycles. The van der Waals surface area contributed by atoms with Crippen LogP contribution in [0.4, 0.5) is 0 Å². The standard InChI is InChI=1S/C18H28N4O2.HI/c1-19-17(23)12-14-8-10-22(11-9-14)18(20-2)21-13-15-6-4-5-7-16(15)24-3;/h4-7,14H,8-13H2,1-3H3,(H,19,23)(H,20,21);1H. The van der Waals surface area contributed by atoms with E-state index in [0.29, 0.717) is 18.9 Å². The fourth-order valence-electron chi connectivity index (χ4n) is 3.07. The summed E-state index contributed by atoms with van der Waals surface area (Å²) in [6, 6.07) is 7.99. The van der Waals surface area contributed by atoms with Crippen LogP contribution in [-0.2, 0) is 11.3 Å². The lowest BCUT2D eigenvalue weighted by molar-refractivity contribution is -0.121. The number of aliphatic imine (C=N–C) groups is 1. The minimum atomic E-state index is 0. The zero-order chi connectivity index (χ0) is 17.4. The zero-order valence-electron chi connectivity index (χ0n) is 15.2. The molecule has 0 unspecified atom stereocenters. The van der Waals surface area contributed by atoms with E-state index in [1.54, 1.807) is 21.2 Å². The van der Waals surface area contributed by atoms with Crippen LogP contribution in [0.2, 0.25) is 0 Å². The number of nitrogens with zero attached hydrogens (tertiary/aromatic N) is 2.